The van der Waals surface area contributed by atoms with Gasteiger partial charge >= 0.3 is 0 Å². The predicted molar refractivity (Wildman–Crippen MR) is 104 cm³/mol. The molecular weight excluding hydrogens is 370 g/mol. The van der Waals surface area contributed by atoms with Gasteiger partial charge in [0, 0.05) is 0 Å². The Morgan fingerprint density at radius 2 is 1.96 bits per heavy atom. The number of aryl methyl sites for hydroxylation is 2. The van der Waals surface area contributed by atoms with Crippen LogP contribution in [-0.4, -0.2) is 31.4 Å². The summed E-state index contributed by atoms with van der Waals surface area (Å²) in [7, 11) is 0. The van der Waals surface area contributed by atoms with E-state index in [9.17, 15) is 4.79 Å². The zero-order chi connectivity index (χ0) is 18.7. The zero-order valence-corrected chi connectivity index (χ0v) is 16.2. The molecule has 1 unspecified atom stereocenters. The van der Waals surface area contributed by atoms with Crippen molar-refractivity contribution in [1.82, 2.24) is 20.2 Å². The van der Waals surface area contributed by atoms with E-state index < -0.39 is 5.25 Å². The number of carbonyl (C=O) groups is 1. The molecule has 0 fully saturated rings. The van der Waals surface area contributed by atoms with Crippen molar-refractivity contribution in [2.24, 2.45) is 0 Å². The van der Waals surface area contributed by atoms with Crippen molar-refractivity contribution in [3.8, 4) is 5.69 Å². The van der Waals surface area contributed by atoms with Gasteiger partial charge in [-0.25, -0.2) is 0 Å². The molecule has 0 saturated heterocycles. The van der Waals surface area contributed by atoms with Crippen LogP contribution in [0.4, 0.5) is 5.69 Å². The molecule has 2 aromatic carbocycles. The van der Waals surface area contributed by atoms with Crippen molar-refractivity contribution in [3.63, 3.8) is 0 Å². The molecule has 1 amide bonds. The number of halogens is 1. The molecule has 134 valence electrons. The van der Waals surface area contributed by atoms with Crippen LogP contribution in [-0.2, 0) is 4.79 Å². The number of nitrogens with one attached hydrogen (secondary N) is 1. The van der Waals surface area contributed by atoms with Gasteiger partial charge in [-0.1, -0.05) is 41.6 Å². The number of para-hydroxylation sites is 1. The minimum absolute atomic E-state index is 0.169. The lowest BCUT2D eigenvalue weighted by atomic mass is 10.1. The topological polar surface area (TPSA) is 72.7 Å². The van der Waals surface area contributed by atoms with Crippen LogP contribution >= 0.6 is 23.4 Å². The molecule has 1 atom stereocenters. The van der Waals surface area contributed by atoms with Crippen molar-refractivity contribution >= 4 is 35.0 Å². The quantitative estimate of drug-likeness (QED) is 0.668. The third kappa shape index (κ3) is 4.05. The van der Waals surface area contributed by atoms with E-state index in [1.54, 1.807) is 23.7 Å². The van der Waals surface area contributed by atoms with Crippen molar-refractivity contribution in [3.05, 3.63) is 58.6 Å². The summed E-state index contributed by atoms with van der Waals surface area (Å²) in [5.41, 5.74) is 3.79. The number of hydrogen-bond acceptors (Lipinski definition) is 5. The van der Waals surface area contributed by atoms with Crippen molar-refractivity contribution in [1.29, 1.82) is 0 Å². The Morgan fingerprint density at radius 1 is 1.19 bits per heavy atom. The largest absolute Gasteiger partial charge is 0.324 e. The number of nitrogens with zero attached hydrogens (tertiary/aromatic N) is 4. The Hall–Kier alpha value is -2.38. The van der Waals surface area contributed by atoms with Gasteiger partial charge in [0.15, 0.2) is 0 Å². The lowest BCUT2D eigenvalue weighted by molar-refractivity contribution is -0.115. The van der Waals surface area contributed by atoms with E-state index in [1.165, 1.54) is 17.3 Å². The summed E-state index contributed by atoms with van der Waals surface area (Å²) in [6, 6.07) is 13.1. The number of amides is 1. The minimum Gasteiger partial charge on any atom is -0.324 e. The molecule has 1 aromatic heterocycles. The highest BCUT2D eigenvalue weighted by atomic mass is 35.5. The second-order valence-electron chi connectivity index (χ2n) is 5.87. The van der Waals surface area contributed by atoms with Crippen molar-refractivity contribution in [2.75, 3.05) is 5.32 Å². The van der Waals surface area contributed by atoms with Gasteiger partial charge in [0.1, 0.15) is 0 Å². The fourth-order valence-electron chi connectivity index (χ4n) is 2.28. The molecular formula is C18H18ClN5OS. The van der Waals surface area contributed by atoms with Crippen LogP contribution in [0.15, 0.2) is 47.6 Å². The van der Waals surface area contributed by atoms with E-state index in [0.29, 0.717) is 15.9 Å². The predicted octanol–water partition coefficient (Wildman–Crippen LogP) is 4.05. The maximum Gasteiger partial charge on any atom is 0.237 e. The number of carbonyl (C=O) groups excluding carboxylic acids is 1. The first-order valence-corrected chi connectivity index (χ1v) is 9.29. The Kier molecular flexibility index (Phi) is 5.58. The molecule has 1 N–H and O–H groups in total. The summed E-state index contributed by atoms with van der Waals surface area (Å²) in [6.07, 6.45) is 0. The van der Waals surface area contributed by atoms with Gasteiger partial charge in [0.05, 0.1) is 21.6 Å². The third-order valence-corrected chi connectivity index (χ3v) is 5.32. The number of tetrazole rings is 1. The fourth-order valence-corrected chi connectivity index (χ4v) is 3.27. The van der Waals surface area contributed by atoms with Crippen LogP contribution in [0.3, 0.4) is 0 Å². The lowest BCUT2D eigenvalue weighted by Crippen LogP contribution is -2.23. The Balaban J connectivity index is 1.75. The average Bonchev–Trinajstić information content (AvgIpc) is 3.07. The van der Waals surface area contributed by atoms with E-state index in [1.807, 2.05) is 37.3 Å². The van der Waals surface area contributed by atoms with Gasteiger partial charge in [-0.15, -0.1) is 5.10 Å². The molecule has 3 rings (SSSR count). The maximum atomic E-state index is 12.5. The first-order chi connectivity index (χ1) is 12.5. The highest BCUT2D eigenvalue weighted by Gasteiger charge is 2.20. The van der Waals surface area contributed by atoms with Crippen LogP contribution in [0, 0.1) is 13.8 Å². The van der Waals surface area contributed by atoms with Gasteiger partial charge in [-0.05, 0) is 66.6 Å². The van der Waals surface area contributed by atoms with Gasteiger partial charge in [-0.3, -0.25) is 4.79 Å². The van der Waals surface area contributed by atoms with Crippen LogP contribution < -0.4 is 5.32 Å². The highest BCUT2D eigenvalue weighted by Crippen LogP contribution is 2.26. The van der Waals surface area contributed by atoms with Crippen molar-refractivity contribution < 1.29 is 4.79 Å². The van der Waals surface area contributed by atoms with Crippen LogP contribution in [0.2, 0.25) is 5.02 Å². The summed E-state index contributed by atoms with van der Waals surface area (Å²) < 4.78 is 1.64. The summed E-state index contributed by atoms with van der Waals surface area (Å²) in [5.74, 6) is -0.169. The minimum atomic E-state index is -0.400. The Bertz CT molecular complexity index is 943. The van der Waals surface area contributed by atoms with Gasteiger partial charge < -0.3 is 5.32 Å². The Morgan fingerprint density at radius 3 is 2.69 bits per heavy atom. The first-order valence-electron chi connectivity index (χ1n) is 8.04. The van der Waals surface area contributed by atoms with E-state index in [2.05, 4.69) is 27.8 Å². The number of hydrogen-bond donors (Lipinski definition) is 1. The molecule has 0 bridgehead atoms. The normalized spacial score (nSPS) is 12.0. The molecule has 3 aromatic rings. The van der Waals surface area contributed by atoms with E-state index in [0.717, 1.165) is 11.3 Å². The molecule has 0 spiro atoms. The molecule has 0 saturated carbocycles. The summed E-state index contributed by atoms with van der Waals surface area (Å²) in [5, 5.41) is 15.3. The van der Waals surface area contributed by atoms with Crippen LogP contribution in [0.25, 0.3) is 5.69 Å². The molecule has 1 heterocycles. The lowest BCUT2D eigenvalue weighted by Gasteiger charge is -2.13. The molecule has 26 heavy (non-hydrogen) atoms. The van der Waals surface area contributed by atoms with Crippen molar-refractivity contribution in [2.45, 2.75) is 31.2 Å². The third-order valence-electron chi connectivity index (χ3n) is 3.96. The molecule has 0 aliphatic heterocycles. The molecule has 0 aliphatic carbocycles. The van der Waals surface area contributed by atoms with Gasteiger partial charge in [-0.2, -0.15) is 4.68 Å². The second kappa shape index (κ2) is 7.88. The first kappa shape index (κ1) is 18.4. The molecule has 8 heteroatoms. The number of thioether (sulfide) groups is 1. The standard InChI is InChI=1S/C18H18ClN5OS/c1-11-8-9-14(10-12(11)2)24-18(21-22-23-24)26-13(3)17(25)20-16-7-5-4-6-15(16)19/h4-10,13H,1-3H3,(H,20,25). The molecule has 0 aliphatic rings. The molecule has 6 nitrogen and oxygen atoms in total. The number of rotatable bonds is 5. The fraction of sp³-hybridized carbons (Fsp3) is 0.222. The highest BCUT2D eigenvalue weighted by molar-refractivity contribution is 8.00. The van der Waals surface area contributed by atoms with Gasteiger partial charge in [0.2, 0.25) is 11.1 Å². The smallest absolute Gasteiger partial charge is 0.237 e. The Labute approximate surface area is 160 Å². The van der Waals surface area contributed by atoms with E-state index in [4.69, 9.17) is 11.6 Å². The maximum absolute atomic E-state index is 12.5. The summed E-state index contributed by atoms with van der Waals surface area (Å²) in [4.78, 5) is 12.5. The van der Waals surface area contributed by atoms with E-state index >= 15 is 0 Å². The molecule has 0 radical (unpaired) electrons. The summed E-state index contributed by atoms with van der Waals surface area (Å²) >= 11 is 7.38. The van der Waals surface area contributed by atoms with Crippen LogP contribution in [0.1, 0.15) is 18.1 Å². The number of aromatic nitrogens is 4. The SMILES string of the molecule is Cc1ccc(-n2nnnc2SC(C)C(=O)Nc2ccccc2Cl)cc1C. The van der Waals surface area contributed by atoms with E-state index in [-0.39, 0.29) is 5.91 Å². The van der Waals surface area contributed by atoms with Gasteiger partial charge in [0.25, 0.3) is 0 Å². The second-order valence-corrected chi connectivity index (χ2v) is 7.59. The summed E-state index contributed by atoms with van der Waals surface area (Å²) in [6.45, 7) is 5.89. The zero-order valence-electron chi connectivity index (χ0n) is 14.6. The van der Waals surface area contributed by atoms with Crippen LogP contribution in [0.5, 0.6) is 0 Å². The number of anilines is 1. The monoisotopic (exact) mass is 387 g/mol. The number of benzene rings is 2. The average molecular weight is 388 g/mol.